The van der Waals surface area contributed by atoms with E-state index >= 15 is 0 Å². The van der Waals surface area contributed by atoms with Gasteiger partial charge in [0.1, 0.15) is 0 Å². The van der Waals surface area contributed by atoms with Gasteiger partial charge < -0.3 is 14.2 Å². The molecular formula is C30H33F4N5O3. The van der Waals surface area contributed by atoms with Crippen LogP contribution in [0.4, 0.5) is 23.2 Å². The predicted octanol–water partition coefficient (Wildman–Crippen LogP) is 6.93. The van der Waals surface area contributed by atoms with Crippen molar-refractivity contribution in [1.82, 2.24) is 20.1 Å². The Bertz CT molecular complexity index is 1440. The predicted molar refractivity (Wildman–Crippen MR) is 146 cm³/mol. The first-order valence-electron chi connectivity index (χ1n) is 13.8. The molecule has 0 unspecified atom stereocenters. The maximum Gasteiger partial charge on any atom is 0.451 e. The van der Waals surface area contributed by atoms with Gasteiger partial charge in [-0.25, -0.2) is 14.4 Å². The highest BCUT2D eigenvalue weighted by Gasteiger charge is 2.52. The number of ether oxygens (including phenoxy) is 1. The number of amides is 1. The third kappa shape index (κ3) is 6.08. The van der Waals surface area contributed by atoms with Gasteiger partial charge in [0.15, 0.2) is 0 Å². The highest BCUT2D eigenvalue weighted by atomic mass is 19.4. The van der Waals surface area contributed by atoms with Gasteiger partial charge >= 0.3 is 6.18 Å². The number of fused-ring (bicyclic) bond motifs is 3. The number of carbonyl (C=O) groups is 1. The van der Waals surface area contributed by atoms with E-state index in [1.807, 2.05) is 39.0 Å². The second-order valence-electron chi connectivity index (χ2n) is 12.3. The van der Waals surface area contributed by atoms with Crippen LogP contribution in [0.5, 0.6) is 0 Å². The zero-order chi connectivity index (χ0) is 30.3. The minimum atomic E-state index is -4.62. The van der Waals surface area contributed by atoms with Gasteiger partial charge in [-0.05, 0) is 37.8 Å². The van der Waals surface area contributed by atoms with Gasteiger partial charge in [0.25, 0.3) is 0 Å². The number of halogens is 4. The van der Waals surface area contributed by atoms with Crippen LogP contribution in [0.25, 0.3) is 11.4 Å². The quantitative estimate of drug-likeness (QED) is 0.264. The number of allylic oxidation sites excluding steroid dienone is 1. The Hall–Kier alpha value is -3.67. The minimum absolute atomic E-state index is 0.0558. The molecule has 8 nitrogen and oxygen atoms in total. The Kier molecular flexibility index (Phi) is 7.71. The molecule has 1 aliphatic carbocycles. The average molecular weight is 588 g/mol. The van der Waals surface area contributed by atoms with E-state index in [9.17, 15) is 22.4 Å². The highest BCUT2D eigenvalue weighted by Crippen LogP contribution is 2.54. The number of anilines is 1. The lowest BCUT2D eigenvalue weighted by Gasteiger charge is -2.54. The molecule has 3 aliphatic rings. The Labute approximate surface area is 241 Å². The second-order valence-corrected chi connectivity index (χ2v) is 12.3. The second kappa shape index (κ2) is 10.9. The maximum absolute atomic E-state index is 13.5. The van der Waals surface area contributed by atoms with E-state index in [0.717, 1.165) is 0 Å². The summed E-state index contributed by atoms with van der Waals surface area (Å²) in [6.45, 7) is 9.81. The van der Waals surface area contributed by atoms with E-state index in [1.165, 1.54) is 12.4 Å². The standard InChI is InChI=1S/C30H33F4N5O3/c1-19(31)8-9-23(40)39(22-7-5-6-20(14-22)24-37-26(42-38-24)27(2,3)4)17-28-10-12-29(13-11-28,41-18-28)21-15-35-25(36-16-21)30(32,33)34/h5-7,14-16H,1,8-13,17-18H2,2-4H3. The van der Waals surface area contributed by atoms with Gasteiger partial charge in [0.2, 0.25) is 23.4 Å². The SMILES string of the molecule is C=C(F)CCC(=O)N(CC12CCC(c3cnc(C(F)(F)F)nc3)(CC1)OC2)c1cccc(-c2noc(C(C)(C)C)n2)c1. The molecular weight excluding hydrogens is 554 g/mol. The lowest BCUT2D eigenvalue weighted by Crippen LogP contribution is -2.54. The molecule has 0 spiro atoms. The molecule has 0 radical (unpaired) electrons. The van der Waals surface area contributed by atoms with Crippen molar-refractivity contribution in [3.05, 3.63) is 66.3 Å². The molecule has 2 aliphatic heterocycles. The minimum Gasteiger partial charge on any atom is -0.370 e. The lowest BCUT2D eigenvalue weighted by atomic mass is 9.64. The maximum atomic E-state index is 13.5. The summed E-state index contributed by atoms with van der Waals surface area (Å²) in [5, 5.41) is 4.12. The normalized spacial score (nSPS) is 22.3. The molecule has 4 heterocycles. The van der Waals surface area contributed by atoms with Gasteiger partial charge in [-0.15, -0.1) is 0 Å². The van der Waals surface area contributed by atoms with Crippen molar-refractivity contribution in [2.45, 2.75) is 76.5 Å². The monoisotopic (exact) mass is 587 g/mol. The number of aromatic nitrogens is 4. The van der Waals surface area contributed by atoms with Crippen LogP contribution >= 0.6 is 0 Å². The Balaban J connectivity index is 1.38. The summed E-state index contributed by atoms with van der Waals surface area (Å²) in [7, 11) is 0. The van der Waals surface area contributed by atoms with Gasteiger partial charge in [-0.2, -0.15) is 18.2 Å². The molecule has 42 heavy (non-hydrogen) atoms. The molecule has 3 aromatic rings. The van der Waals surface area contributed by atoms with E-state index in [-0.39, 0.29) is 24.2 Å². The highest BCUT2D eigenvalue weighted by molar-refractivity contribution is 5.94. The third-order valence-corrected chi connectivity index (χ3v) is 8.09. The smallest absolute Gasteiger partial charge is 0.370 e. The topological polar surface area (TPSA) is 94.2 Å². The number of rotatable bonds is 8. The van der Waals surface area contributed by atoms with E-state index in [1.54, 1.807) is 11.0 Å². The third-order valence-electron chi connectivity index (χ3n) is 8.09. The fourth-order valence-electron chi connectivity index (χ4n) is 5.54. The fraction of sp³-hybridized carbons (Fsp3) is 0.500. The number of hydrogen-bond acceptors (Lipinski definition) is 7. The first-order valence-corrected chi connectivity index (χ1v) is 13.8. The molecule has 6 rings (SSSR count). The first kappa shape index (κ1) is 29.8. The number of carbonyl (C=O) groups excluding carboxylic acids is 1. The van der Waals surface area contributed by atoms with Crippen molar-refractivity contribution in [2.75, 3.05) is 18.1 Å². The summed E-state index contributed by atoms with van der Waals surface area (Å²) >= 11 is 0. The van der Waals surface area contributed by atoms with Crippen molar-refractivity contribution in [3.63, 3.8) is 0 Å². The molecule has 2 bridgehead atoms. The molecule has 224 valence electrons. The Morgan fingerprint density at radius 3 is 2.31 bits per heavy atom. The molecule has 0 atom stereocenters. The van der Waals surface area contributed by atoms with Gasteiger partial charge in [-0.3, -0.25) is 4.79 Å². The molecule has 2 aromatic heterocycles. The number of nitrogens with zero attached hydrogens (tertiary/aromatic N) is 5. The van der Waals surface area contributed by atoms with E-state index in [0.29, 0.717) is 67.4 Å². The summed E-state index contributed by atoms with van der Waals surface area (Å²) in [5.41, 5.74) is 0.302. The van der Waals surface area contributed by atoms with E-state index in [2.05, 4.69) is 26.7 Å². The number of alkyl halides is 3. The molecule has 2 saturated heterocycles. The summed E-state index contributed by atoms with van der Waals surface area (Å²) in [6.07, 6.45) is 0.0681. The van der Waals surface area contributed by atoms with Gasteiger partial charge in [0, 0.05) is 59.4 Å². The van der Waals surface area contributed by atoms with Crippen LogP contribution < -0.4 is 4.90 Å². The van der Waals surface area contributed by atoms with Crippen LogP contribution in [0.1, 0.15) is 76.6 Å². The first-order chi connectivity index (χ1) is 19.7. The van der Waals surface area contributed by atoms with Gasteiger partial charge in [0.05, 0.1) is 18.0 Å². The van der Waals surface area contributed by atoms with Crippen LogP contribution in [0, 0.1) is 5.41 Å². The summed E-state index contributed by atoms with van der Waals surface area (Å²) in [4.78, 5) is 26.7. The van der Waals surface area contributed by atoms with Crippen LogP contribution in [-0.2, 0) is 26.7 Å². The van der Waals surface area contributed by atoms with E-state index < -0.39 is 28.8 Å². The van der Waals surface area contributed by atoms with Crippen molar-refractivity contribution >= 4 is 11.6 Å². The zero-order valence-electron chi connectivity index (χ0n) is 23.8. The number of hydrogen-bond donors (Lipinski definition) is 0. The van der Waals surface area contributed by atoms with Gasteiger partial charge in [-0.1, -0.05) is 44.6 Å². The average Bonchev–Trinajstić information content (AvgIpc) is 3.47. The van der Waals surface area contributed by atoms with Crippen LogP contribution in [0.2, 0.25) is 0 Å². The molecule has 1 amide bonds. The molecule has 0 N–H and O–H groups in total. The summed E-state index contributed by atoms with van der Waals surface area (Å²) < 4.78 is 64.2. The number of benzene rings is 1. The van der Waals surface area contributed by atoms with Crippen LogP contribution in [0.15, 0.2) is 53.6 Å². The van der Waals surface area contributed by atoms with Crippen LogP contribution in [0.3, 0.4) is 0 Å². The Morgan fingerprint density at radius 1 is 1.07 bits per heavy atom. The largest absolute Gasteiger partial charge is 0.451 e. The van der Waals surface area contributed by atoms with Crippen LogP contribution in [-0.4, -0.2) is 39.2 Å². The molecule has 3 fully saturated rings. The van der Waals surface area contributed by atoms with Crippen molar-refractivity contribution in [1.29, 1.82) is 0 Å². The molecule has 1 saturated carbocycles. The fourth-order valence-corrected chi connectivity index (χ4v) is 5.54. The lowest BCUT2D eigenvalue weighted by molar-refractivity contribution is -0.187. The van der Waals surface area contributed by atoms with Crippen molar-refractivity contribution < 1.29 is 31.6 Å². The molecule has 1 aromatic carbocycles. The van der Waals surface area contributed by atoms with Crippen molar-refractivity contribution in [2.24, 2.45) is 5.41 Å². The van der Waals surface area contributed by atoms with Crippen molar-refractivity contribution in [3.8, 4) is 11.4 Å². The zero-order valence-corrected chi connectivity index (χ0v) is 23.8. The summed E-state index contributed by atoms with van der Waals surface area (Å²) in [6, 6.07) is 7.25. The Morgan fingerprint density at radius 2 is 1.76 bits per heavy atom. The van der Waals surface area contributed by atoms with E-state index in [4.69, 9.17) is 9.26 Å². The molecule has 12 heteroatoms. The summed E-state index contributed by atoms with van der Waals surface area (Å²) in [5.74, 6) is -1.14.